The van der Waals surface area contributed by atoms with Crippen molar-refractivity contribution in [3.8, 4) is 11.1 Å². The monoisotopic (exact) mass is 485 g/mol. The van der Waals surface area contributed by atoms with Crippen LogP contribution in [0.25, 0.3) is 11.1 Å². The van der Waals surface area contributed by atoms with Crippen LogP contribution in [0.2, 0.25) is 0 Å². The number of unbranched alkanes of at least 4 members (excludes halogenated alkanes) is 1. The van der Waals surface area contributed by atoms with Gasteiger partial charge in [-0.25, -0.2) is 14.5 Å². The second-order valence-electron chi connectivity index (χ2n) is 7.86. The van der Waals surface area contributed by atoms with E-state index in [4.69, 9.17) is 4.74 Å². The number of ether oxygens (including phenoxy) is 1. The third-order valence-electron chi connectivity index (χ3n) is 5.33. The third-order valence-corrected chi connectivity index (χ3v) is 6.35. The van der Waals surface area contributed by atoms with Crippen LogP contribution in [0, 0.1) is 13.8 Å². The van der Waals surface area contributed by atoms with Crippen LogP contribution < -0.4 is 5.32 Å². The van der Waals surface area contributed by atoms with Crippen LogP contribution in [0.4, 0.5) is 9.80 Å². The molecule has 3 rings (SSSR count). The maximum Gasteiger partial charge on any atom is 0.341 e. The number of anilines is 1. The van der Waals surface area contributed by atoms with Crippen LogP contribution >= 0.6 is 11.3 Å². The van der Waals surface area contributed by atoms with Crippen molar-refractivity contribution in [2.45, 2.75) is 40.5 Å². The Kier molecular flexibility index (Phi) is 7.83. The number of thiophene rings is 1. The lowest BCUT2D eigenvalue weighted by Crippen LogP contribution is -2.39. The molecule has 2 heterocycles. The zero-order chi connectivity index (χ0) is 25.0. The standard InChI is InChI=1S/C24H27N3O6S/c1-5-7-12-26-21(29)22(30)27(24(26)32)13-17(28)25-20-19(23(31)33-6-2)18(15(4)34-20)16-10-8-14(3)9-11-16/h8-11H,5-7,12-13H2,1-4H3,(H,25,28). The number of hydrogen-bond acceptors (Lipinski definition) is 7. The highest BCUT2D eigenvalue weighted by molar-refractivity contribution is 7.17. The topological polar surface area (TPSA) is 113 Å². The Morgan fingerprint density at radius 3 is 2.26 bits per heavy atom. The molecule has 180 valence electrons. The van der Waals surface area contributed by atoms with Crippen LogP contribution in [-0.4, -0.2) is 59.2 Å². The molecule has 0 radical (unpaired) electrons. The van der Waals surface area contributed by atoms with Gasteiger partial charge < -0.3 is 10.1 Å². The van der Waals surface area contributed by atoms with Gasteiger partial charge in [0.15, 0.2) is 0 Å². The van der Waals surface area contributed by atoms with Crippen LogP contribution in [0.15, 0.2) is 24.3 Å². The van der Waals surface area contributed by atoms with Gasteiger partial charge in [0.05, 0.1) is 6.61 Å². The lowest BCUT2D eigenvalue weighted by atomic mass is 10.0. The van der Waals surface area contributed by atoms with Gasteiger partial charge in [-0.15, -0.1) is 11.3 Å². The lowest BCUT2D eigenvalue weighted by Gasteiger charge is -2.15. The van der Waals surface area contributed by atoms with Gasteiger partial charge in [-0.2, -0.15) is 0 Å². The maximum absolute atomic E-state index is 12.8. The van der Waals surface area contributed by atoms with E-state index in [1.807, 2.05) is 45.0 Å². The third kappa shape index (κ3) is 5.01. The SMILES string of the molecule is CCCCN1C(=O)C(=O)N(CC(=O)Nc2sc(C)c(-c3ccc(C)cc3)c2C(=O)OCC)C1=O. The Bertz CT molecular complexity index is 1140. The highest BCUT2D eigenvalue weighted by Gasteiger charge is 2.44. The lowest BCUT2D eigenvalue weighted by molar-refractivity contribution is -0.143. The van der Waals surface area contributed by atoms with E-state index in [1.165, 1.54) is 11.3 Å². The van der Waals surface area contributed by atoms with Gasteiger partial charge in [-0.1, -0.05) is 43.2 Å². The summed E-state index contributed by atoms with van der Waals surface area (Å²) in [5, 5.41) is 2.89. The first kappa shape index (κ1) is 25.1. The zero-order valence-corrected chi connectivity index (χ0v) is 20.4. The predicted molar refractivity (Wildman–Crippen MR) is 128 cm³/mol. The van der Waals surface area contributed by atoms with E-state index in [0.717, 1.165) is 27.3 Å². The molecule has 1 aromatic heterocycles. The fraction of sp³-hybridized carbons (Fsp3) is 0.375. The molecule has 0 atom stereocenters. The van der Waals surface area contributed by atoms with E-state index in [-0.39, 0.29) is 23.7 Å². The molecule has 5 amide bonds. The van der Waals surface area contributed by atoms with E-state index < -0.39 is 36.3 Å². The van der Waals surface area contributed by atoms with Crippen LogP contribution in [-0.2, 0) is 19.1 Å². The highest BCUT2D eigenvalue weighted by atomic mass is 32.1. The summed E-state index contributed by atoms with van der Waals surface area (Å²) in [6, 6.07) is 6.80. The average molecular weight is 486 g/mol. The number of esters is 1. The van der Waals surface area contributed by atoms with E-state index in [1.54, 1.807) is 6.92 Å². The Morgan fingerprint density at radius 1 is 1.00 bits per heavy atom. The molecule has 1 N–H and O–H groups in total. The first-order valence-corrected chi connectivity index (χ1v) is 11.9. The molecule has 9 nitrogen and oxygen atoms in total. The molecule has 2 aromatic rings. The molecule has 0 unspecified atom stereocenters. The Balaban J connectivity index is 1.87. The molecule has 0 spiro atoms. The van der Waals surface area contributed by atoms with Gasteiger partial charge >= 0.3 is 23.8 Å². The minimum atomic E-state index is -1.04. The number of urea groups is 1. The quantitative estimate of drug-likeness (QED) is 0.329. The molecule has 10 heteroatoms. The number of imide groups is 2. The van der Waals surface area contributed by atoms with Crippen molar-refractivity contribution in [3.63, 3.8) is 0 Å². The number of carbonyl (C=O) groups is 5. The Labute approximate surface area is 201 Å². The van der Waals surface area contributed by atoms with Crippen LogP contribution in [0.5, 0.6) is 0 Å². The summed E-state index contributed by atoms with van der Waals surface area (Å²) in [6.45, 7) is 7.01. The Morgan fingerprint density at radius 2 is 1.65 bits per heavy atom. The van der Waals surface area contributed by atoms with Crippen molar-refractivity contribution in [2.24, 2.45) is 0 Å². The largest absolute Gasteiger partial charge is 0.462 e. The summed E-state index contributed by atoms with van der Waals surface area (Å²) in [7, 11) is 0. The van der Waals surface area contributed by atoms with Crippen molar-refractivity contribution in [1.82, 2.24) is 9.80 Å². The highest BCUT2D eigenvalue weighted by Crippen LogP contribution is 2.40. The number of rotatable bonds is 9. The van der Waals surface area contributed by atoms with Gasteiger partial charge in [0.2, 0.25) is 5.91 Å². The molecular weight excluding hydrogens is 458 g/mol. The number of nitrogens with zero attached hydrogens (tertiary/aromatic N) is 2. The fourth-order valence-corrected chi connectivity index (χ4v) is 4.69. The zero-order valence-electron chi connectivity index (χ0n) is 19.6. The van der Waals surface area contributed by atoms with Crippen molar-refractivity contribution in [2.75, 3.05) is 25.0 Å². The van der Waals surface area contributed by atoms with E-state index in [2.05, 4.69) is 5.32 Å². The number of carbonyl (C=O) groups excluding carboxylic acids is 5. The normalized spacial score (nSPS) is 13.6. The smallest absolute Gasteiger partial charge is 0.341 e. The van der Waals surface area contributed by atoms with E-state index in [0.29, 0.717) is 16.9 Å². The van der Waals surface area contributed by atoms with Gasteiger partial charge in [0.1, 0.15) is 17.1 Å². The first-order chi connectivity index (χ1) is 16.2. The molecule has 34 heavy (non-hydrogen) atoms. The van der Waals surface area contributed by atoms with Crippen LogP contribution in [0.1, 0.15) is 47.5 Å². The molecular formula is C24H27N3O6S. The second kappa shape index (κ2) is 10.6. The number of nitrogens with one attached hydrogen (secondary N) is 1. The summed E-state index contributed by atoms with van der Waals surface area (Å²) in [6.07, 6.45) is 1.30. The summed E-state index contributed by atoms with van der Waals surface area (Å²) in [5.41, 5.74) is 2.71. The minimum absolute atomic E-state index is 0.120. The van der Waals surface area contributed by atoms with Gasteiger partial charge in [-0.3, -0.25) is 19.3 Å². The average Bonchev–Trinajstić information content (AvgIpc) is 3.21. The molecule has 0 aliphatic carbocycles. The maximum atomic E-state index is 12.8. The molecule has 1 aromatic carbocycles. The number of benzene rings is 1. The van der Waals surface area contributed by atoms with Gasteiger partial charge in [-0.05, 0) is 32.8 Å². The second-order valence-corrected chi connectivity index (χ2v) is 9.08. The predicted octanol–water partition coefficient (Wildman–Crippen LogP) is 3.74. The first-order valence-electron chi connectivity index (χ1n) is 11.0. The van der Waals surface area contributed by atoms with E-state index >= 15 is 0 Å². The molecule has 1 aliphatic heterocycles. The van der Waals surface area contributed by atoms with Crippen LogP contribution in [0.3, 0.4) is 0 Å². The van der Waals surface area contributed by atoms with Gasteiger partial charge in [0, 0.05) is 17.0 Å². The summed E-state index contributed by atoms with van der Waals surface area (Å²) >= 11 is 1.20. The minimum Gasteiger partial charge on any atom is -0.462 e. The van der Waals surface area contributed by atoms with Crippen molar-refractivity contribution >= 4 is 46.1 Å². The van der Waals surface area contributed by atoms with E-state index in [9.17, 15) is 24.0 Å². The number of hydrogen-bond donors (Lipinski definition) is 1. The fourth-order valence-electron chi connectivity index (χ4n) is 3.61. The molecule has 1 fully saturated rings. The van der Waals surface area contributed by atoms with Crippen molar-refractivity contribution in [3.05, 3.63) is 40.3 Å². The number of amides is 5. The Hall–Kier alpha value is -3.53. The number of aryl methyl sites for hydroxylation is 2. The van der Waals surface area contributed by atoms with Gasteiger partial charge in [0.25, 0.3) is 0 Å². The summed E-state index contributed by atoms with van der Waals surface area (Å²) in [5.74, 6) is -3.27. The molecule has 1 aliphatic rings. The molecule has 0 saturated carbocycles. The van der Waals surface area contributed by atoms with Crippen molar-refractivity contribution in [1.29, 1.82) is 0 Å². The molecule has 0 bridgehead atoms. The summed E-state index contributed by atoms with van der Waals surface area (Å²) < 4.78 is 5.23. The van der Waals surface area contributed by atoms with Crippen molar-refractivity contribution < 1.29 is 28.7 Å². The molecule has 1 saturated heterocycles. The summed E-state index contributed by atoms with van der Waals surface area (Å²) in [4.78, 5) is 64.8.